The van der Waals surface area contributed by atoms with Gasteiger partial charge in [0.1, 0.15) is 0 Å². The smallest absolute Gasteiger partial charge is 0.308 e. The molecule has 3 nitrogen and oxygen atoms in total. The quantitative estimate of drug-likeness (QED) is 0.445. The summed E-state index contributed by atoms with van der Waals surface area (Å²) in [6.45, 7) is 0.638. The van der Waals surface area contributed by atoms with Crippen molar-refractivity contribution in [3.63, 3.8) is 0 Å². The molecule has 0 amide bonds. The van der Waals surface area contributed by atoms with Gasteiger partial charge in [-0.3, -0.25) is 4.57 Å². The predicted octanol–water partition coefficient (Wildman–Crippen LogP) is 5.86. The monoisotopic (exact) mass is 366 g/mol. The summed E-state index contributed by atoms with van der Waals surface area (Å²) in [5.74, 6) is 0. The van der Waals surface area contributed by atoms with Crippen LogP contribution < -0.4 is 0 Å². The van der Waals surface area contributed by atoms with Gasteiger partial charge >= 0.3 is 7.60 Å². The lowest BCUT2D eigenvalue weighted by molar-refractivity contribution is 0.198. The summed E-state index contributed by atoms with van der Waals surface area (Å²) in [6, 6.07) is 29.5. The van der Waals surface area contributed by atoms with Gasteiger partial charge in [-0.15, -0.1) is 0 Å². The predicted molar refractivity (Wildman–Crippen MR) is 105 cm³/mol. The van der Waals surface area contributed by atoms with Gasteiger partial charge in [0.2, 0.25) is 0 Å². The molecule has 1 unspecified atom stereocenters. The second-order valence-electron chi connectivity index (χ2n) is 6.08. The van der Waals surface area contributed by atoms with Gasteiger partial charge in [0, 0.05) is 0 Å². The summed E-state index contributed by atoms with van der Waals surface area (Å²) >= 11 is 0. The minimum atomic E-state index is -3.24. The van der Waals surface area contributed by atoms with Crippen molar-refractivity contribution in [2.45, 2.75) is 19.2 Å². The molecule has 134 valence electrons. The van der Waals surface area contributed by atoms with Crippen molar-refractivity contribution in [2.75, 3.05) is 6.61 Å². The molecule has 26 heavy (non-hydrogen) atoms. The second-order valence-corrected chi connectivity index (χ2v) is 8.14. The highest BCUT2D eigenvalue weighted by Crippen LogP contribution is 2.52. The van der Waals surface area contributed by atoms with Crippen molar-refractivity contribution < 1.29 is 13.6 Å². The highest BCUT2D eigenvalue weighted by Gasteiger charge is 2.25. The Balaban J connectivity index is 1.64. The van der Waals surface area contributed by atoms with Gasteiger partial charge in [0.05, 0.1) is 19.4 Å². The van der Waals surface area contributed by atoms with E-state index in [-0.39, 0.29) is 12.8 Å². The molecule has 0 fully saturated rings. The van der Waals surface area contributed by atoms with Crippen molar-refractivity contribution in [3.8, 4) is 0 Å². The van der Waals surface area contributed by atoms with E-state index in [1.54, 1.807) is 0 Å². The minimum Gasteiger partial charge on any atom is -0.308 e. The topological polar surface area (TPSA) is 35.5 Å². The molecule has 0 aliphatic rings. The molecule has 0 aromatic heterocycles. The maximum absolute atomic E-state index is 13.3. The third-order valence-corrected chi connectivity index (χ3v) is 5.86. The number of rotatable bonds is 9. The van der Waals surface area contributed by atoms with E-state index in [1.165, 1.54) is 0 Å². The first kappa shape index (κ1) is 18.6. The van der Waals surface area contributed by atoms with Crippen molar-refractivity contribution in [3.05, 3.63) is 108 Å². The molecule has 3 aromatic rings. The standard InChI is InChI=1S/C22H23O3P/c23-26(19-22-14-8-3-9-15-22,25-18-21-12-6-2-7-13-21)24-17-16-20-10-4-1-5-11-20/h1-15H,16-19H2. The molecule has 0 aliphatic heterocycles. The van der Waals surface area contributed by atoms with Crippen molar-refractivity contribution in [1.82, 2.24) is 0 Å². The van der Waals surface area contributed by atoms with Crippen LogP contribution in [0, 0.1) is 0 Å². The van der Waals surface area contributed by atoms with Crippen LogP contribution in [-0.4, -0.2) is 6.61 Å². The van der Waals surface area contributed by atoms with E-state index in [9.17, 15) is 4.57 Å². The molecule has 0 aliphatic carbocycles. The van der Waals surface area contributed by atoms with Crippen molar-refractivity contribution >= 4 is 7.60 Å². The third kappa shape index (κ3) is 5.96. The summed E-state index contributed by atoms with van der Waals surface area (Å²) < 4.78 is 24.9. The average molecular weight is 366 g/mol. The summed E-state index contributed by atoms with van der Waals surface area (Å²) in [5, 5.41) is 0. The fraction of sp³-hybridized carbons (Fsp3) is 0.182. The zero-order valence-electron chi connectivity index (χ0n) is 14.7. The van der Waals surface area contributed by atoms with Crippen LogP contribution in [0.1, 0.15) is 16.7 Å². The van der Waals surface area contributed by atoms with Crippen LogP contribution >= 0.6 is 7.60 Å². The van der Waals surface area contributed by atoms with E-state index in [4.69, 9.17) is 9.05 Å². The largest absolute Gasteiger partial charge is 0.335 e. The van der Waals surface area contributed by atoms with Crippen LogP contribution in [0.25, 0.3) is 0 Å². The fourth-order valence-corrected chi connectivity index (χ4v) is 4.26. The molecule has 0 radical (unpaired) electrons. The van der Waals surface area contributed by atoms with Gasteiger partial charge in [-0.1, -0.05) is 91.0 Å². The van der Waals surface area contributed by atoms with E-state index >= 15 is 0 Å². The van der Waals surface area contributed by atoms with Crippen LogP contribution in [0.15, 0.2) is 91.0 Å². The lowest BCUT2D eigenvalue weighted by atomic mass is 10.2. The highest BCUT2D eigenvalue weighted by atomic mass is 31.2. The Morgan fingerprint density at radius 1 is 0.615 bits per heavy atom. The van der Waals surface area contributed by atoms with Crippen LogP contribution in [0.4, 0.5) is 0 Å². The molecular weight excluding hydrogens is 343 g/mol. The molecule has 3 rings (SSSR count). The Morgan fingerprint density at radius 2 is 1.12 bits per heavy atom. The highest BCUT2D eigenvalue weighted by molar-refractivity contribution is 7.53. The van der Waals surface area contributed by atoms with Gasteiger partial charge in [0.25, 0.3) is 0 Å². The van der Waals surface area contributed by atoms with Gasteiger partial charge in [-0.25, -0.2) is 0 Å². The Labute approximate surface area is 155 Å². The molecule has 0 heterocycles. The number of hydrogen-bond donors (Lipinski definition) is 0. The number of benzene rings is 3. The summed E-state index contributed by atoms with van der Waals surface area (Å²) in [4.78, 5) is 0. The SMILES string of the molecule is O=P(Cc1ccccc1)(OCCc1ccccc1)OCc1ccccc1. The Morgan fingerprint density at radius 3 is 1.69 bits per heavy atom. The molecule has 0 saturated carbocycles. The minimum absolute atomic E-state index is 0.273. The summed E-state index contributed by atoms with van der Waals surface area (Å²) in [6.07, 6.45) is 0.976. The molecule has 3 aromatic carbocycles. The molecule has 0 saturated heterocycles. The number of hydrogen-bond acceptors (Lipinski definition) is 3. The Bertz CT molecular complexity index is 820. The molecular formula is C22H23O3P. The van der Waals surface area contributed by atoms with Gasteiger partial charge < -0.3 is 9.05 Å². The van der Waals surface area contributed by atoms with Crippen LogP contribution in [0.3, 0.4) is 0 Å². The summed E-state index contributed by atoms with van der Waals surface area (Å²) in [5.41, 5.74) is 3.08. The van der Waals surface area contributed by atoms with Gasteiger partial charge in [-0.2, -0.15) is 0 Å². The second kappa shape index (κ2) is 9.49. The van der Waals surface area contributed by atoms with Crippen molar-refractivity contribution in [2.24, 2.45) is 0 Å². The van der Waals surface area contributed by atoms with Crippen LogP contribution in [0.2, 0.25) is 0 Å². The Hall–Kier alpha value is -2.19. The molecule has 0 spiro atoms. The molecule has 0 bridgehead atoms. The van der Waals surface area contributed by atoms with Gasteiger partial charge in [-0.05, 0) is 23.1 Å². The normalized spacial score (nSPS) is 13.2. The van der Waals surface area contributed by atoms with E-state index in [2.05, 4.69) is 0 Å². The summed E-state index contributed by atoms with van der Waals surface area (Å²) in [7, 11) is -3.24. The lowest BCUT2D eigenvalue weighted by Crippen LogP contribution is -2.03. The molecule has 4 heteroatoms. The third-order valence-electron chi connectivity index (χ3n) is 4.01. The van der Waals surface area contributed by atoms with E-state index in [0.717, 1.165) is 16.7 Å². The van der Waals surface area contributed by atoms with E-state index in [0.29, 0.717) is 13.0 Å². The zero-order valence-corrected chi connectivity index (χ0v) is 15.6. The van der Waals surface area contributed by atoms with Crippen LogP contribution in [-0.2, 0) is 32.8 Å². The van der Waals surface area contributed by atoms with E-state index < -0.39 is 7.60 Å². The van der Waals surface area contributed by atoms with Crippen molar-refractivity contribution in [1.29, 1.82) is 0 Å². The first-order valence-electron chi connectivity index (χ1n) is 8.73. The molecule has 1 atom stereocenters. The average Bonchev–Trinajstić information content (AvgIpc) is 2.69. The fourth-order valence-electron chi connectivity index (χ4n) is 2.63. The first-order valence-corrected chi connectivity index (χ1v) is 10.5. The molecule has 0 N–H and O–H groups in total. The maximum atomic E-state index is 13.3. The Kier molecular flexibility index (Phi) is 6.79. The van der Waals surface area contributed by atoms with Crippen LogP contribution in [0.5, 0.6) is 0 Å². The van der Waals surface area contributed by atoms with Gasteiger partial charge in [0.15, 0.2) is 0 Å². The van der Waals surface area contributed by atoms with E-state index in [1.807, 2.05) is 91.0 Å². The maximum Gasteiger partial charge on any atom is 0.335 e. The zero-order chi connectivity index (χ0) is 18.1. The lowest BCUT2D eigenvalue weighted by Gasteiger charge is -2.19. The first-order chi connectivity index (χ1) is 12.7.